The third kappa shape index (κ3) is 4.47. The molecular formula is C19H29N3O2. The molecule has 3 rings (SSSR count). The number of ether oxygens (including phenoxy) is 1. The molecule has 0 spiro atoms. The molecule has 1 aromatic rings. The van der Waals surface area contributed by atoms with Gasteiger partial charge in [-0.2, -0.15) is 0 Å². The van der Waals surface area contributed by atoms with Crippen molar-refractivity contribution in [2.24, 2.45) is 0 Å². The van der Waals surface area contributed by atoms with Crippen molar-refractivity contribution in [1.29, 1.82) is 0 Å². The van der Waals surface area contributed by atoms with Gasteiger partial charge < -0.3 is 15.0 Å². The maximum atomic E-state index is 12.4. The zero-order chi connectivity index (χ0) is 16.8. The number of nitrogens with one attached hydrogen (secondary N) is 1. The van der Waals surface area contributed by atoms with Crippen molar-refractivity contribution in [2.45, 2.75) is 70.5 Å². The van der Waals surface area contributed by atoms with Crippen LogP contribution in [0.1, 0.15) is 58.3 Å². The first-order chi connectivity index (χ1) is 11.8. The van der Waals surface area contributed by atoms with E-state index in [1.807, 2.05) is 25.3 Å². The van der Waals surface area contributed by atoms with E-state index in [9.17, 15) is 4.79 Å². The second-order valence-corrected chi connectivity index (χ2v) is 6.88. The summed E-state index contributed by atoms with van der Waals surface area (Å²) < 4.78 is 5.97. The lowest BCUT2D eigenvalue weighted by Gasteiger charge is -2.28. The number of rotatable bonds is 6. The molecule has 1 atom stereocenters. The Morgan fingerprint density at radius 2 is 2.00 bits per heavy atom. The number of piperidine rings is 1. The Morgan fingerprint density at radius 3 is 2.62 bits per heavy atom. The normalized spacial score (nSPS) is 20.1. The van der Waals surface area contributed by atoms with Crippen LogP contribution in [0.2, 0.25) is 0 Å². The van der Waals surface area contributed by atoms with Crippen LogP contribution in [0, 0.1) is 0 Å². The maximum absolute atomic E-state index is 12.4. The van der Waals surface area contributed by atoms with Gasteiger partial charge in [-0.25, -0.2) is 4.98 Å². The van der Waals surface area contributed by atoms with Crippen molar-refractivity contribution < 1.29 is 9.53 Å². The molecular weight excluding hydrogens is 302 g/mol. The Morgan fingerprint density at radius 1 is 1.25 bits per heavy atom. The van der Waals surface area contributed by atoms with Gasteiger partial charge in [-0.3, -0.25) is 4.79 Å². The number of anilines is 2. The summed E-state index contributed by atoms with van der Waals surface area (Å²) in [5.74, 6) is 0.525. The van der Waals surface area contributed by atoms with E-state index in [1.54, 1.807) is 0 Å². The molecule has 1 aliphatic heterocycles. The van der Waals surface area contributed by atoms with Crippen molar-refractivity contribution >= 4 is 17.4 Å². The van der Waals surface area contributed by atoms with Gasteiger partial charge in [0.2, 0.25) is 0 Å². The molecule has 0 radical (unpaired) electrons. The van der Waals surface area contributed by atoms with Crippen LogP contribution >= 0.6 is 0 Å². The number of carbonyl (C=O) groups is 1. The maximum Gasteiger partial charge on any atom is 0.254 e. The van der Waals surface area contributed by atoms with Crippen molar-refractivity contribution in [1.82, 2.24) is 4.98 Å². The molecule has 0 bridgehead atoms. The SMILES string of the molecule is CCC(OC1CCCC1)C(=O)Nc1ccc(N2CCCCC2)cn1. The summed E-state index contributed by atoms with van der Waals surface area (Å²) in [5.41, 5.74) is 1.14. The Bertz CT molecular complexity index is 520. The van der Waals surface area contributed by atoms with E-state index in [4.69, 9.17) is 4.74 Å². The van der Waals surface area contributed by atoms with Crippen molar-refractivity contribution in [3.05, 3.63) is 18.3 Å². The highest BCUT2D eigenvalue weighted by atomic mass is 16.5. The van der Waals surface area contributed by atoms with Gasteiger partial charge in [0.1, 0.15) is 11.9 Å². The monoisotopic (exact) mass is 331 g/mol. The van der Waals surface area contributed by atoms with Crippen LogP contribution in [0.4, 0.5) is 11.5 Å². The van der Waals surface area contributed by atoms with Gasteiger partial charge in [0.25, 0.3) is 5.91 Å². The summed E-state index contributed by atoms with van der Waals surface area (Å²) in [5, 5.41) is 2.90. The average molecular weight is 331 g/mol. The molecule has 24 heavy (non-hydrogen) atoms. The van der Waals surface area contributed by atoms with Crippen molar-refractivity contribution in [3.8, 4) is 0 Å². The number of carbonyl (C=O) groups excluding carboxylic acids is 1. The van der Waals surface area contributed by atoms with Crippen LogP contribution in [0.5, 0.6) is 0 Å². The van der Waals surface area contributed by atoms with E-state index in [-0.39, 0.29) is 18.1 Å². The van der Waals surface area contributed by atoms with Gasteiger partial charge in [0, 0.05) is 13.1 Å². The van der Waals surface area contributed by atoms with Gasteiger partial charge >= 0.3 is 0 Å². The molecule has 132 valence electrons. The van der Waals surface area contributed by atoms with Gasteiger partial charge in [0.15, 0.2) is 0 Å². The third-order valence-corrected chi connectivity index (χ3v) is 5.04. The van der Waals surface area contributed by atoms with Crippen LogP contribution < -0.4 is 10.2 Å². The van der Waals surface area contributed by atoms with E-state index in [0.717, 1.165) is 31.6 Å². The second-order valence-electron chi connectivity index (χ2n) is 6.88. The van der Waals surface area contributed by atoms with Crippen molar-refractivity contribution in [2.75, 3.05) is 23.3 Å². The number of nitrogens with zero attached hydrogens (tertiary/aromatic N) is 2. The molecule has 5 nitrogen and oxygen atoms in total. The third-order valence-electron chi connectivity index (χ3n) is 5.04. The second kappa shape index (κ2) is 8.47. The highest BCUT2D eigenvalue weighted by molar-refractivity contribution is 5.93. The molecule has 1 unspecified atom stereocenters. The van der Waals surface area contributed by atoms with Crippen LogP contribution in [-0.2, 0) is 9.53 Å². The molecule has 1 amide bonds. The van der Waals surface area contributed by atoms with Crippen LogP contribution in [0.25, 0.3) is 0 Å². The number of hydrogen-bond donors (Lipinski definition) is 1. The highest BCUT2D eigenvalue weighted by Gasteiger charge is 2.24. The lowest BCUT2D eigenvalue weighted by molar-refractivity contribution is -0.131. The van der Waals surface area contributed by atoms with Crippen LogP contribution in [-0.4, -0.2) is 36.2 Å². The fraction of sp³-hybridized carbons (Fsp3) is 0.684. The zero-order valence-electron chi connectivity index (χ0n) is 14.7. The molecule has 2 aliphatic rings. The summed E-state index contributed by atoms with van der Waals surface area (Å²) in [7, 11) is 0. The molecule has 2 heterocycles. The summed E-state index contributed by atoms with van der Waals surface area (Å²) in [6.07, 6.45) is 10.8. The lowest BCUT2D eigenvalue weighted by atomic mass is 10.1. The molecule has 1 saturated heterocycles. The largest absolute Gasteiger partial charge is 0.370 e. The topological polar surface area (TPSA) is 54.5 Å². The Kier molecular flexibility index (Phi) is 6.07. The highest BCUT2D eigenvalue weighted by Crippen LogP contribution is 2.24. The average Bonchev–Trinajstić information content (AvgIpc) is 3.14. The van der Waals surface area contributed by atoms with Crippen LogP contribution in [0.15, 0.2) is 18.3 Å². The Balaban J connectivity index is 1.54. The smallest absolute Gasteiger partial charge is 0.254 e. The number of aromatic nitrogens is 1. The van der Waals surface area contributed by atoms with E-state index in [0.29, 0.717) is 12.2 Å². The summed E-state index contributed by atoms with van der Waals surface area (Å²) >= 11 is 0. The fourth-order valence-corrected chi connectivity index (χ4v) is 3.61. The first kappa shape index (κ1) is 17.2. The lowest BCUT2D eigenvalue weighted by Crippen LogP contribution is -2.33. The van der Waals surface area contributed by atoms with Crippen LogP contribution in [0.3, 0.4) is 0 Å². The predicted molar refractivity (Wildman–Crippen MR) is 96.4 cm³/mol. The van der Waals surface area contributed by atoms with Crippen molar-refractivity contribution in [3.63, 3.8) is 0 Å². The number of amides is 1. The fourth-order valence-electron chi connectivity index (χ4n) is 3.61. The van der Waals surface area contributed by atoms with E-state index in [1.165, 1.54) is 32.1 Å². The minimum atomic E-state index is -0.378. The standard InChI is InChI=1S/C19H29N3O2/c1-2-17(24-16-8-4-5-9-16)19(23)21-18-11-10-15(14-20-18)22-12-6-3-7-13-22/h10-11,14,16-17H,2-9,12-13H2,1H3,(H,20,21,23). The number of pyridine rings is 1. The van der Waals surface area contributed by atoms with E-state index < -0.39 is 0 Å². The first-order valence-corrected chi connectivity index (χ1v) is 9.43. The molecule has 5 heteroatoms. The molecule has 1 aliphatic carbocycles. The summed E-state index contributed by atoms with van der Waals surface area (Å²) in [6.45, 7) is 4.19. The Hall–Kier alpha value is -1.62. The van der Waals surface area contributed by atoms with Gasteiger partial charge in [-0.05, 0) is 50.7 Å². The summed E-state index contributed by atoms with van der Waals surface area (Å²) in [4.78, 5) is 19.2. The Labute approximate surface area is 144 Å². The number of hydrogen-bond acceptors (Lipinski definition) is 4. The molecule has 1 saturated carbocycles. The minimum absolute atomic E-state index is 0.0809. The molecule has 1 N–H and O–H groups in total. The predicted octanol–water partition coefficient (Wildman–Crippen LogP) is 3.75. The van der Waals surface area contributed by atoms with Gasteiger partial charge in [-0.1, -0.05) is 19.8 Å². The molecule has 2 fully saturated rings. The zero-order valence-corrected chi connectivity index (χ0v) is 14.7. The minimum Gasteiger partial charge on any atom is -0.370 e. The first-order valence-electron chi connectivity index (χ1n) is 9.43. The quantitative estimate of drug-likeness (QED) is 0.862. The van der Waals surface area contributed by atoms with Gasteiger partial charge in [0.05, 0.1) is 18.0 Å². The summed E-state index contributed by atoms with van der Waals surface area (Å²) in [6, 6.07) is 3.94. The van der Waals surface area contributed by atoms with Gasteiger partial charge in [-0.15, -0.1) is 0 Å². The van der Waals surface area contributed by atoms with E-state index in [2.05, 4.69) is 15.2 Å². The molecule has 1 aromatic heterocycles. The molecule has 0 aromatic carbocycles. The van der Waals surface area contributed by atoms with E-state index >= 15 is 0 Å².